The number of carbonyl (C=O) groups is 1. The van der Waals surface area contributed by atoms with E-state index in [1.54, 1.807) is 24.3 Å². The second-order valence-electron chi connectivity index (χ2n) is 9.33. The molecule has 9 nitrogen and oxygen atoms in total. The molecule has 0 saturated heterocycles. The van der Waals surface area contributed by atoms with Crippen LogP contribution in [0.25, 0.3) is 11.2 Å². The van der Waals surface area contributed by atoms with Gasteiger partial charge in [-0.05, 0) is 68.7 Å². The first-order valence-electron chi connectivity index (χ1n) is 11.9. The number of rotatable bonds is 7. The van der Waals surface area contributed by atoms with Gasteiger partial charge in [-0.2, -0.15) is 9.97 Å². The second kappa shape index (κ2) is 9.35. The Hall–Kier alpha value is -3.20. The lowest BCUT2D eigenvalue weighted by atomic mass is 9.86. The highest BCUT2D eigenvalue weighted by Crippen LogP contribution is 2.34. The van der Waals surface area contributed by atoms with Crippen molar-refractivity contribution in [1.82, 2.24) is 19.5 Å². The summed E-state index contributed by atoms with van der Waals surface area (Å²) in [6.45, 7) is 0.822. The maximum absolute atomic E-state index is 11.2. The Morgan fingerprint density at radius 2 is 1.79 bits per heavy atom. The van der Waals surface area contributed by atoms with Gasteiger partial charge in [0.15, 0.2) is 17.0 Å². The average Bonchev–Trinajstić information content (AvgIpc) is 3.49. The van der Waals surface area contributed by atoms with Crippen molar-refractivity contribution < 1.29 is 9.90 Å². The molecule has 0 unspecified atom stereocenters. The molecule has 2 saturated carbocycles. The van der Waals surface area contributed by atoms with Crippen molar-refractivity contribution in [2.45, 2.75) is 63.5 Å². The summed E-state index contributed by atoms with van der Waals surface area (Å²) in [5, 5.41) is 15.9. The van der Waals surface area contributed by atoms with Gasteiger partial charge in [-0.25, -0.2) is 9.78 Å². The van der Waals surface area contributed by atoms with E-state index in [1.807, 2.05) is 6.33 Å². The van der Waals surface area contributed by atoms with Crippen LogP contribution in [-0.4, -0.2) is 43.2 Å². The first kappa shape index (κ1) is 21.6. The SMILES string of the molecule is NC1CCC(CNc2nc(Nc3ccc(C(=O)O)cc3)c3ncn(C4CCCC4)c3n2)CC1. The smallest absolute Gasteiger partial charge is 0.335 e. The Labute approximate surface area is 192 Å². The van der Waals surface area contributed by atoms with E-state index < -0.39 is 5.97 Å². The van der Waals surface area contributed by atoms with Crippen molar-refractivity contribution >= 4 is 34.6 Å². The van der Waals surface area contributed by atoms with E-state index in [-0.39, 0.29) is 5.56 Å². The maximum Gasteiger partial charge on any atom is 0.335 e. The Morgan fingerprint density at radius 3 is 2.48 bits per heavy atom. The molecule has 2 aromatic heterocycles. The number of carboxylic acids is 1. The van der Waals surface area contributed by atoms with Crippen LogP contribution < -0.4 is 16.4 Å². The Morgan fingerprint density at radius 1 is 1.06 bits per heavy atom. The highest BCUT2D eigenvalue weighted by molar-refractivity contribution is 5.89. The number of nitrogens with one attached hydrogen (secondary N) is 2. The molecule has 2 aliphatic carbocycles. The van der Waals surface area contributed by atoms with Crippen molar-refractivity contribution in [3.05, 3.63) is 36.2 Å². The number of benzene rings is 1. The number of nitrogens with zero attached hydrogens (tertiary/aromatic N) is 4. The van der Waals surface area contributed by atoms with Gasteiger partial charge in [-0.15, -0.1) is 0 Å². The fourth-order valence-electron chi connectivity index (χ4n) is 4.99. The molecular formula is C24H31N7O2. The predicted molar refractivity (Wildman–Crippen MR) is 128 cm³/mol. The molecule has 5 rings (SSSR count). The summed E-state index contributed by atoms with van der Waals surface area (Å²) in [6, 6.07) is 7.38. The summed E-state index contributed by atoms with van der Waals surface area (Å²) in [5.74, 6) is 0.829. The number of anilines is 3. The molecule has 0 aliphatic heterocycles. The summed E-state index contributed by atoms with van der Waals surface area (Å²) >= 11 is 0. The van der Waals surface area contributed by atoms with Crippen LogP contribution in [0.1, 0.15) is 67.8 Å². The molecule has 0 bridgehead atoms. The zero-order valence-electron chi connectivity index (χ0n) is 18.7. The van der Waals surface area contributed by atoms with Crippen LogP contribution in [0.15, 0.2) is 30.6 Å². The highest BCUT2D eigenvalue weighted by Gasteiger charge is 2.23. The summed E-state index contributed by atoms with van der Waals surface area (Å²) in [5.41, 5.74) is 8.60. The lowest BCUT2D eigenvalue weighted by Crippen LogP contribution is -2.29. The van der Waals surface area contributed by atoms with Gasteiger partial charge in [0.25, 0.3) is 0 Å². The van der Waals surface area contributed by atoms with Gasteiger partial charge >= 0.3 is 5.97 Å². The van der Waals surface area contributed by atoms with Crippen LogP contribution in [0.5, 0.6) is 0 Å². The van der Waals surface area contributed by atoms with E-state index in [9.17, 15) is 4.79 Å². The Kier molecular flexibility index (Phi) is 6.13. The molecule has 5 N–H and O–H groups in total. The molecule has 9 heteroatoms. The number of fused-ring (bicyclic) bond motifs is 1. The molecule has 0 atom stereocenters. The highest BCUT2D eigenvalue weighted by atomic mass is 16.4. The van der Waals surface area contributed by atoms with Gasteiger partial charge in [0, 0.05) is 24.3 Å². The number of carboxylic acid groups (broad SMARTS) is 1. The maximum atomic E-state index is 11.2. The van der Waals surface area contributed by atoms with E-state index in [4.69, 9.17) is 20.8 Å². The second-order valence-corrected chi connectivity index (χ2v) is 9.33. The van der Waals surface area contributed by atoms with Crippen LogP contribution in [0.2, 0.25) is 0 Å². The Bertz CT molecular complexity index is 1110. The lowest BCUT2D eigenvalue weighted by Gasteiger charge is -2.26. The van der Waals surface area contributed by atoms with Gasteiger partial charge < -0.3 is 26.0 Å². The molecule has 0 spiro atoms. The van der Waals surface area contributed by atoms with Crippen LogP contribution in [0.3, 0.4) is 0 Å². The van der Waals surface area contributed by atoms with Crippen molar-refractivity contribution in [3.63, 3.8) is 0 Å². The predicted octanol–water partition coefficient (Wildman–Crippen LogP) is 4.31. The summed E-state index contributed by atoms with van der Waals surface area (Å²) in [7, 11) is 0. The van der Waals surface area contributed by atoms with Gasteiger partial charge in [-0.1, -0.05) is 12.8 Å². The summed E-state index contributed by atoms with van der Waals surface area (Å²) in [6.07, 6.45) is 11.0. The van der Waals surface area contributed by atoms with Gasteiger partial charge in [-0.3, -0.25) is 0 Å². The van der Waals surface area contributed by atoms with Gasteiger partial charge in [0.1, 0.15) is 0 Å². The van der Waals surface area contributed by atoms with Crippen LogP contribution >= 0.6 is 0 Å². The number of nitrogens with two attached hydrogens (primary N) is 1. The molecule has 1 aromatic carbocycles. The Balaban J connectivity index is 1.43. The van der Waals surface area contributed by atoms with Crippen LogP contribution in [0, 0.1) is 5.92 Å². The summed E-state index contributed by atoms with van der Waals surface area (Å²) < 4.78 is 2.19. The third-order valence-corrected chi connectivity index (χ3v) is 6.97. The number of aromatic nitrogens is 4. The summed E-state index contributed by atoms with van der Waals surface area (Å²) in [4.78, 5) is 25.4. The molecule has 0 radical (unpaired) electrons. The van der Waals surface area contributed by atoms with Crippen LogP contribution in [-0.2, 0) is 0 Å². The zero-order chi connectivity index (χ0) is 22.8. The molecule has 2 heterocycles. The zero-order valence-corrected chi connectivity index (χ0v) is 18.7. The van der Waals surface area contributed by atoms with E-state index in [2.05, 4.69) is 20.2 Å². The molecule has 174 valence electrons. The third-order valence-electron chi connectivity index (χ3n) is 6.97. The quantitative estimate of drug-likeness (QED) is 0.420. The van der Waals surface area contributed by atoms with E-state index in [0.29, 0.717) is 29.8 Å². The molecule has 2 aliphatic rings. The average molecular weight is 450 g/mol. The normalized spacial score (nSPS) is 21.4. The monoisotopic (exact) mass is 449 g/mol. The minimum atomic E-state index is -0.948. The number of aromatic carboxylic acids is 1. The van der Waals surface area contributed by atoms with E-state index >= 15 is 0 Å². The number of hydrogen-bond acceptors (Lipinski definition) is 7. The van der Waals surface area contributed by atoms with Gasteiger partial charge in [0.2, 0.25) is 5.95 Å². The van der Waals surface area contributed by atoms with Gasteiger partial charge in [0.05, 0.1) is 11.9 Å². The standard InChI is InChI=1S/C24H31N7O2/c25-17-9-5-15(6-10-17)13-26-24-29-21(28-18-11-7-16(8-12-18)23(32)33)20-22(30-24)31(14-27-20)19-3-1-2-4-19/h7-8,11-12,14-15,17,19H,1-6,9-10,13,25H2,(H,32,33)(H2,26,28,29,30). The van der Waals surface area contributed by atoms with Crippen molar-refractivity contribution in [2.75, 3.05) is 17.2 Å². The topological polar surface area (TPSA) is 131 Å². The molecule has 3 aromatic rings. The van der Waals surface area contributed by atoms with Crippen molar-refractivity contribution in [1.29, 1.82) is 0 Å². The molecule has 0 amide bonds. The molecule has 33 heavy (non-hydrogen) atoms. The minimum Gasteiger partial charge on any atom is -0.478 e. The van der Waals surface area contributed by atoms with E-state index in [1.165, 1.54) is 12.8 Å². The van der Waals surface area contributed by atoms with E-state index in [0.717, 1.165) is 61.9 Å². The number of hydrogen-bond donors (Lipinski definition) is 4. The third kappa shape index (κ3) is 4.78. The molecular weight excluding hydrogens is 418 g/mol. The lowest BCUT2D eigenvalue weighted by molar-refractivity contribution is 0.0697. The van der Waals surface area contributed by atoms with Crippen molar-refractivity contribution in [2.24, 2.45) is 11.7 Å². The van der Waals surface area contributed by atoms with Crippen molar-refractivity contribution in [3.8, 4) is 0 Å². The fourth-order valence-corrected chi connectivity index (χ4v) is 4.99. The molecule has 2 fully saturated rings. The minimum absolute atomic E-state index is 0.244. The first-order valence-corrected chi connectivity index (χ1v) is 11.9. The van der Waals surface area contributed by atoms with Crippen LogP contribution in [0.4, 0.5) is 17.5 Å². The number of imidazole rings is 1. The fraction of sp³-hybridized carbons (Fsp3) is 0.500. The first-order chi connectivity index (χ1) is 16.1. The largest absolute Gasteiger partial charge is 0.478 e.